The number of nitrogens with one attached hydrogen (secondary N) is 1. The fourth-order valence-electron chi connectivity index (χ4n) is 2.59. The predicted molar refractivity (Wildman–Crippen MR) is 99.5 cm³/mol. The van der Waals surface area contributed by atoms with Crippen LogP contribution in [0.3, 0.4) is 0 Å². The van der Waals surface area contributed by atoms with Gasteiger partial charge in [0.05, 0.1) is 0 Å². The number of carbonyl (C=O) groups excluding carboxylic acids is 1. The number of benzene rings is 2. The molecule has 0 radical (unpaired) electrons. The molecule has 0 aliphatic rings. The minimum absolute atomic E-state index is 0.00645. The topological polar surface area (TPSA) is 42.0 Å². The van der Waals surface area contributed by atoms with Crippen LogP contribution in [-0.2, 0) is 11.2 Å². The number of rotatable bonds is 6. The van der Waals surface area contributed by atoms with E-state index in [2.05, 4.69) is 41.5 Å². The summed E-state index contributed by atoms with van der Waals surface area (Å²) in [5.74, 6) is 0.196. The largest absolute Gasteiger partial charge is 0.302 e. The normalized spacial score (nSPS) is 11.9. The number of nitrogens with zero attached hydrogens (tertiary/aromatic N) is 1. The molecule has 0 aliphatic carbocycles. The number of anilines is 1. The molecule has 1 unspecified atom stereocenters. The third-order valence-electron chi connectivity index (χ3n) is 3.88. The summed E-state index contributed by atoms with van der Waals surface area (Å²) in [6, 6.07) is 20.4. The van der Waals surface area contributed by atoms with Gasteiger partial charge in [0, 0.05) is 23.9 Å². The highest BCUT2D eigenvalue weighted by Gasteiger charge is 2.13. The summed E-state index contributed by atoms with van der Waals surface area (Å²) in [6.07, 6.45) is 3.14. The molecule has 1 amide bonds. The Hall–Kier alpha value is -2.46. The van der Waals surface area contributed by atoms with Gasteiger partial charge >= 0.3 is 0 Å². The van der Waals surface area contributed by atoms with E-state index in [9.17, 15) is 4.79 Å². The monoisotopic (exact) mass is 336 g/mol. The summed E-state index contributed by atoms with van der Waals surface area (Å²) in [6.45, 7) is 2.07. The Labute approximate surface area is 146 Å². The molecule has 3 nitrogen and oxygen atoms in total. The lowest BCUT2D eigenvalue weighted by molar-refractivity contribution is -0.116. The molecule has 0 aliphatic heterocycles. The summed E-state index contributed by atoms with van der Waals surface area (Å²) >= 11 is 1.54. The molecular formula is C20H20N2OS. The molecule has 1 heterocycles. The van der Waals surface area contributed by atoms with E-state index in [0.717, 1.165) is 11.3 Å². The van der Waals surface area contributed by atoms with Crippen molar-refractivity contribution in [3.63, 3.8) is 0 Å². The summed E-state index contributed by atoms with van der Waals surface area (Å²) in [4.78, 5) is 17.7. The number of carbonyl (C=O) groups is 1. The van der Waals surface area contributed by atoms with E-state index in [1.807, 2.05) is 42.6 Å². The van der Waals surface area contributed by atoms with Crippen LogP contribution in [0.1, 0.15) is 35.3 Å². The maximum absolute atomic E-state index is 12.2. The van der Waals surface area contributed by atoms with Crippen LogP contribution in [0.15, 0.2) is 66.9 Å². The van der Waals surface area contributed by atoms with Gasteiger partial charge in [0.15, 0.2) is 5.13 Å². The lowest BCUT2D eigenvalue weighted by Gasteiger charge is -2.10. The summed E-state index contributed by atoms with van der Waals surface area (Å²) in [7, 11) is 0. The molecule has 3 aromatic rings. The van der Waals surface area contributed by atoms with Crippen LogP contribution in [-0.4, -0.2) is 10.9 Å². The average molecular weight is 336 g/mol. The molecule has 1 N–H and O–H groups in total. The van der Waals surface area contributed by atoms with Gasteiger partial charge in [0.25, 0.3) is 0 Å². The highest BCUT2D eigenvalue weighted by Crippen LogP contribution is 2.23. The van der Waals surface area contributed by atoms with Crippen LogP contribution in [0.5, 0.6) is 0 Å². The zero-order valence-corrected chi connectivity index (χ0v) is 14.4. The van der Waals surface area contributed by atoms with E-state index in [1.165, 1.54) is 22.5 Å². The molecule has 24 heavy (non-hydrogen) atoms. The maximum Gasteiger partial charge on any atom is 0.226 e. The van der Waals surface area contributed by atoms with Crippen molar-refractivity contribution in [2.45, 2.75) is 25.7 Å². The smallest absolute Gasteiger partial charge is 0.226 e. The highest BCUT2D eigenvalue weighted by atomic mass is 32.1. The van der Waals surface area contributed by atoms with Crippen LogP contribution < -0.4 is 5.32 Å². The first kappa shape index (κ1) is 16.4. The van der Waals surface area contributed by atoms with Crippen molar-refractivity contribution in [3.05, 3.63) is 82.9 Å². The lowest BCUT2D eigenvalue weighted by atomic mass is 9.98. The molecule has 4 heteroatoms. The van der Waals surface area contributed by atoms with E-state index in [1.54, 1.807) is 0 Å². The number of aromatic nitrogens is 1. The average Bonchev–Trinajstić information content (AvgIpc) is 3.03. The van der Waals surface area contributed by atoms with Crippen LogP contribution in [0, 0.1) is 0 Å². The number of amides is 1. The standard InChI is InChI=1S/C20H20N2OS/c1-15(17-10-6-3-7-11-17)12-19(23)22-20-21-14-18(24-20)13-16-8-4-2-5-9-16/h2-11,14-15H,12-13H2,1H3,(H,21,22,23). The van der Waals surface area contributed by atoms with Gasteiger partial charge in [0.2, 0.25) is 5.91 Å². The number of thiazole rings is 1. The van der Waals surface area contributed by atoms with Crippen molar-refractivity contribution in [2.24, 2.45) is 0 Å². The van der Waals surface area contributed by atoms with Gasteiger partial charge in [-0.1, -0.05) is 67.6 Å². The second-order valence-electron chi connectivity index (χ2n) is 5.86. The molecular weight excluding hydrogens is 316 g/mol. The van der Waals surface area contributed by atoms with Crippen LogP contribution in [0.25, 0.3) is 0 Å². The molecule has 0 fully saturated rings. The van der Waals surface area contributed by atoms with E-state index < -0.39 is 0 Å². The molecule has 2 aromatic carbocycles. The van der Waals surface area contributed by atoms with Crippen LogP contribution in [0.2, 0.25) is 0 Å². The van der Waals surface area contributed by atoms with E-state index in [4.69, 9.17) is 0 Å². The molecule has 0 saturated carbocycles. The molecule has 3 rings (SSSR count). The minimum Gasteiger partial charge on any atom is -0.302 e. The zero-order valence-electron chi connectivity index (χ0n) is 13.6. The highest BCUT2D eigenvalue weighted by molar-refractivity contribution is 7.15. The van der Waals surface area contributed by atoms with Gasteiger partial charge in [-0.3, -0.25) is 4.79 Å². The van der Waals surface area contributed by atoms with Gasteiger partial charge in [-0.2, -0.15) is 0 Å². The fraction of sp³-hybridized carbons (Fsp3) is 0.200. The zero-order chi connectivity index (χ0) is 16.8. The van der Waals surface area contributed by atoms with Gasteiger partial charge in [-0.05, 0) is 17.0 Å². The Morgan fingerprint density at radius 3 is 2.46 bits per heavy atom. The van der Waals surface area contributed by atoms with Gasteiger partial charge in [0.1, 0.15) is 0 Å². The first-order valence-corrected chi connectivity index (χ1v) is 8.86. The maximum atomic E-state index is 12.2. The van der Waals surface area contributed by atoms with Crippen molar-refractivity contribution in [2.75, 3.05) is 5.32 Å². The van der Waals surface area contributed by atoms with Crippen molar-refractivity contribution in [1.82, 2.24) is 4.98 Å². The van der Waals surface area contributed by atoms with Gasteiger partial charge in [-0.25, -0.2) is 4.98 Å². The Morgan fingerprint density at radius 2 is 1.75 bits per heavy atom. The molecule has 0 saturated heterocycles. The van der Waals surface area contributed by atoms with Gasteiger partial charge in [-0.15, -0.1) is 11.3 Å². The van der Waals surface area contributed by atoms with Crippen molar-refractivity contribution in [3.8, 4) is 0 Å². The third kappa shape index (κ3) is 4.52. The summed E-state index contributed by atoms with van der Waals surface area (Å²) in [5.41, 5.74) is 2.42. The van der Waals surface area contributed by atoms with E-state index in [0.29, 0.717) is 11.6 Å². The third-order valence-corrected chi connectivity index (χ3v) is 4.79. The molecule has 1 atom stereocenters. The molecule has 122 valence electrons. The van der Waals surface area contributed by atoms with E-state index >= 15 is 0 Å². The molecule has 0 bridgehead atoms. The fourth-order valence-corrected chi connectivity index (χ4v) is 3.45. The van der Waals surface area contributed by atoms with Crippen LogP contribution >= 0.6 is 11.3 Å². The van der Waals surface area contributed by atoms with Crippen molar-refractivity contribution >= 4 is 22.4 Å². The summed E-state index contributed by atoms with van der Waals surface area (Å²) in [5, 5.41) is 3.59. The Bertz CT molecular complexity index is 784. The molecule has 0 spiro atoms. The first-order valence-electron chi connectivity index (χ1n) is 8.04. The van der Waals surface area contributed by atoms with Gasteiger partial charge < -0.3 is 5.32 Å². The summed E-state index contributed by atoms with van der Waals surface area (Å²) < 4.78 is 0. The lowest BCUT2D eigenvalue weighted by Crippen LogP contribution is -2.14. The van der Waals surface area contributed by atoms with Crippen molar-refractivity contribution < 1.29 is 4.79 Å². The first-order chi connectivity index (χ1) is 11.7. The quantitative estimate of drug-likeness (QED) is 0.698. The SMILES string of the molecule is CC(CC(=O)Nc1ncc(Cc2ccccc2)s1)c1ccccc1. The molecule has 1 aromatic heterocycles. The number of hydrogen-bond acceptors (Lipinski definition) is 3. The second-order valence-corrected chi connectivity index (χ2v) is 6.97. The van der Waals surface area contributed by atoms with Crippen LogP contribution in [0.4, 0.5) is 5.13 Å². The predicted octanol–water partition coefficient (Wildman–Crippen LogP) is 4.87. The second kappa shape index (κ2) is 7.88. The van der Waals surface area contributed by atoms with E-state index in [-0.39, 0.29) is 11.8 Å². The Morgan fingerprint density at radius 1 is 1.08 bits per heavy atom. The Kier molecular flexibility index (Phi) is 5.39. The minimum atomic E-state index is 0.00645. The Balaban J connectivity index is 1.55. The van der Waals surface area contributed by atoms with Crippen molar-refractivity contribution in [1.29, 1.82) is 0 Å². The number of hydrogen-bond donors (Lipinski definition) is 1.